The minimum Gasteiger partial charge on any atom is -0.412 e. The summed E-state index contributed by atoms with van der Waals surface area (Å²) in [6, 6.07) is 0.101. The zero-order chi connectivity index (χ0) is 9.97. The number of carbonyl (C=O) groups is 1. The first-order valence-electron chi connectivity index (χ1n) is 5.35. The van der Waals surface area contributed by atoms with Gasteiger partial charge in [-0.1, -0.05) is 18.2 Å². The lowest BCUT2D eigenvalue weighted by Crippen LogP contribution is -2.31. The van der Waals surface area contributed by atoms with Crippen LogP contribution in [-0.2, 0) is 4.79 Å². The standard InChI is InChI=1S/C12H17NO.H2O/c1-13-8-7-11(12(13)9-14)10-5-3-2-4-6-10;/h3,5-6,9,11-12H,2,4,7-8H2,1H3;1H2. The molecule has 0 aromatic carbocycles. The van der Waals surface area contributed by atoms with E-state index >= 15 is 0 Å². The smallest absolute Gasteiger partial charge is 0.137 e. The SMILES string of the molecule is CN1CCC(C2=CCCC=C2)C1C=O.O. The highest BCUT2D eigenvalue weighted by molar-refractivity contribution is 5.60. The number of likely N-dealkylation sites (tertiary alicyclic amines) is 1. The lowest BCUT2D eigenvalue weighted by Gasteiger charge is -2.21. The minimum absolute atomic E-state index is 0. The summed E-state index contributed by atoms with van der Waals surface area (Å²) in [4.78, 5) is 13.1. The van der Waals surface area contributed by atoms with E-state index in [2.05, 4.69) is 23.1 Å². The summed E-state index contributed by atoms with van der Waals surface area (Å²) < 4.78 is 0. The van der Waals surface area contributed by atoms with Crippen LogP contribution in [0, 0.1) is 5.92 Å². The maximum atomic E-state index is 11.0. The van der Waals surface area contributed by atoms with Crippen LogP contribution in [-0.4, -0.2) is 36.3 Å². The molecule has 3 nitrogen and oxygen atoms in total. The Balaban J connectivity index is 0.00000112. The van der Waals surface area contributed by atoms with Crippen molar-refractivity contribution in [3.8, 4) is 0 Å². The maximum Gasteiger partial charge on any atom is 0.137 e. The van der Waals surface area contributed by atoms with Crippen LogP contribution in [0.3, 0.4) is 0 Å². The van der Waals surface area contributed by atoms with Crippen LogP contribution in [0.1, 0.15) is 19.3 Å². The van der Waals surface area contributed by atoms with Gasteiger partial charge in [-0.3, -0.25) is 4.90 Å². The topological polar surface area (TPSA) is 51.8 Å². The van der Waals surface area contributed by atoms with Gasteiger partial charge in [-0.2, -0.15) is 0 Å². The molecule has 84 valence electrons. The number of likely N-dealkylation sites (N-methyl/N-ethyl adjacent to an activating group) is 1. The number of hydrogen-bond acceptors (Lipinski definition) is 2. The molecule has 0 saturated carbocycles. The number of rotatable bonds is 2. The van der Waals surface area contributed by atoms with Gasteiger partial charge in [0.2, 0.25) is 0 Å². The van der Waals surface area contributed by atoms with Gasteiger partial charge in [0.25, 0.3) is 0 Å². The molecule has 2 rings (SSSR count). The maximum absolute atomic E-state index is 11.0. The highest BCUT2D eigenvalue weighted by Crippen LogP contribution is 2.30. The lowest BCUT2D eigenvalue weighted by atomic mass is 9.89. The molecule has 1 heterocycles. The fourth-order valence-electron chi connectivity index (χ4n) is 2.44. The van der Waals surface area contributed by atoms with Crippen LogP contribution in [0.15, 0.2) is 23.8 Å². The van der Waals surface area contributed by atoms with E-state index < -0.39 is 0 Å². The Hall–Kier alpha value is -0.930. The van der Waals surface area contributed by atoms with Gasteiger partial charge in [0.15, 0.2) is 0 Å². The lowest BCUT2D eigenvalue weighted by molar-refractivity contribution is -0.111. The predicted octanol–water partition coefficient (Wildman–Crippen LogP) is 0.957. The number of carbonyl (C=O) groups excluding carboxylic acids is 1. The van der Waals surface area contributed by atoms with Gasteiger partial charge in [-0.25, -0.2) is 0 Å². The molecule has 0 bridgehead atoms. The monoisotopic (exact) mass is 209 g/mol. The van der Waals surface area contributed by atoms with Gasteiger partial charge >= 0.3 is 0 Å². The van der Waals surface area contributed by atoms with Crippen LogP contribution < -0.4 is 0 Å². The molecule has 0 spiro atoms. The Kier molecular flexibility index (Phi) is 4.24. The van der Waals surface area contributed by atoms with Gasteiger partial charge in [-0.15, -0.1) is 0 Å². The van der Waals surface area contributed by atoms with Crippen molar-refractivity contribution in [2.24, 2.45) is 5.92 Å². The van der Waals surface area contributed by atoms with Gasteiger partial charge in [0.05, 0.1) is 6.04 Å². The Morgan fingerprint density at radius 1 is 1.47 bits per heavy atom. The van der Waals surface area contributed by atoms with E-state index in [-0.39, 0.29) is 11.5 Å². The summed E-state index contributed by atoms with van der Waals surface area (Å²) >= 11 is 0. The fraction of sp³-hybridized carbons (Fsp3) is 0.583. The van der Waals surface area contributed by atoms with Gasteiger partial charge in [0, 0.05) is 5.92 Å². The van der Waals surface area contributed by atoms with E-state index in [0.717, 1.165) is 32.1 Å². The van der Waals surface area contributed by atoms with Crippen molar-refractivity contribution in [1.29, 1.82) is 0 Å². The Morgan fingerprint density at radius 3 is 2.87 bits per heavy atom. The van der Waals surface area contributed by atoms with Gasteiger partial charge in [-0.05, 0) is 38.4 Å². The third-order valence-electron chi connectivity index (χ3n) is 3.31. The quantitative estimate of drug-likeness (QED) is 0.636. The summed E-state index contributed by atoms with van der Waals surface area (Å²) in [6.45, 7) is 1.04. The van der Waals surface area contributed by atoms with E-state index in [0.29, 0.717) is 5.92 Å². The van der Waals surface area contributed by atoms with E-state index in [9.17, 15) is 4.79 Å². The largest absolute Gasteiger partial charge is 0.412 e. The van der Waals surface area contributed by atoms with Crippen molar-refractivity contribution in [1.82, 2.24) is 4.90 Å². The average Bonchev–Trinajstić information content (AvgIpc) is 2.61. The van der Waals surface area contributed by atoms with Crippen molar-refractivity contribution in [2.75, 3.05) is 13.6 Å². The summed E-state index contributed by atoms with van der Waals surface area (Å²) in [6.07, 6.45) is 11.2. The summed E-state index contributed by atoms with van der Waals surface area (Å²) in [5.41, 5.74) is 1.37. The number of nitrogens with zero attached hydrogens (tertiary/aromatic N) is 1. The van der Waals surface area contributed by atoms with Crippen LogP contribution in [0.2, 0.25) is 0 Å². The number of hydrogen-bond donors (Lipinski definition) is 0. The summed E-state index contributed by atoms with van der Waals surface area (Å²) in [5.74, 6) is 0.439. The van der Waals surface area contributed by atoms with Crippen LogP contribution in [0.25, 0.3) is 0 Å². The first-order chi connectivity index (χ1) is 6.83. The second kappa shape index (κ2) is 5.24. The normalized spacial score (nSPS) is 30.9. The minimum atomic E-state index is 0. The molecular formula is C12H19NO2. The molecule has 2 N–H and O–H groups in total. The summed E-state index contributed by atoms with van der Waals surface area (Å²) in [5, 5.41) is 0. The molecular weight excluding hydrogens is 190 g/mol. The number of aldehydes is 1. The number of allylic oxidation sites excluding steroid dienone is 3. The van der Waals surface area contributed by atoms with Crippen molar-refractivity contribution in [2.45, 2.75) is 25.3 Å². The average molecular weight is 209 g/mol. The van der Waals surface area contributed by atoms with Crippen molar-refractivity contribution >= 4 is 6.29 Å². The Labute approximate surface area is 90.8 Å². The molecule has 0 amide bonds. The molecule has 1 aliphatic heterocycles. The molecule has 2 aliphatic rings. The van der Waals surface area contributed by atoms with Gasteiger partial charge < -0.3 is 10.3 Å². The molecule has 2 atom stereocenters. The molecule has 2 unspecified atom stereocenters. The third kappa shape index (κ3) is 2.36. The van der Waals surface area contributed by atoms with Crippen molar-refractivity contribution in [3.63, 3.8) is 0 Å². The van der Waals surface area contributed by atoms with Gasteiger partial charge in [0.1, 0.15) is 6.29 Å². The predicted molar refractivity (Wildman–Crippen MR) is 60.7 cm³/mol. The first-order valence-corrected chi connectivity index (χ1v) is 5.35. The second-order valence-electron chi connectivity index (χ2n) is 4.19. The highest BCUT2D eigenvalue weighted by Gasteiger charge is 2.32. The highest BCUT2D eigenvalue weighted by atomic mass is 16.1. The summed E-state index contributed by atoms with van der Waals surface area (Å²) in [7, 11) is 2.03. The van der Waals surface area contributed by atoms with E-state index in [4.69, 9.17) is 0 Å². The molecule has 0 aromatic rings. The molecule has 0 aromatic heterocycles. The molecule has 3 heteroatoms. The van der Waals surface area contributed by atoms with E-state index in [1.54, 1.807) is 0 Å². The van der Waals surface area contributed by atoms with Crippen molar-refractivity contribution in [3.05, 3.63) is 23.8 Å². The zero-order valence-electron chi connectivity index (χ0n) is 9.15. The van der Waals surface area contributed by atoms with E-state index in [1.165, 1.54) is 5.57 Å². The zero-order valence-corrected chi connectivity index (χ0v) is 9.15. The Morgan fingerprint density at radius 2 is 2.27 bits per heavy atom. The van der Waals surface area contributed by atoms with Crippen LogP contribution in [0.4, 0.5) is 0 Å². The Bertz CT molecular complexity index is 283. The molecule has 15 heavy (non-hydrogen) atoms. The molecule has 1 aliphatic carbocycles. The fourth-order valence-corrected chi connectivity index (χ4v) is 2.44. The van der Waals surface area contributed by atoms with E-state index in [1.807, 2.05) is 7.05 Å². The molecule has 0 radical (unpaired) electrons. The third-order valence-corrected chi connectivity index (χ3v) is 3.31. The molecule has 1 fully saturated rings. The first kappa shape index (κ1) is 12.1. The van der Waals surface area contributed by atoms with Crippen LogP contribution >= 0.6 is 0 Å². The molecule has 1 saturated heterocycles. The van der Waals surface area contributed by atoms with Crippen molar-refractivity contribution < 1.29 is 10.3 Å². The van der Waals surface area contributed by atoms with Crippen LogP contribution in [0.5, 0.6) is 0 Å². The second-order valence-corrected chi connectivity index (χ2v) is 4.19.